The number of aryl methyl sites for hydroxylation is 1. The molecule has 1 aliphatic rings. The Morgan fingerprint density at radius 2 is 1.88 bits per heavy atom. The van der Waals surface area contributed by atoms with Crippen LogP contribution in [0.5, 0.6) is 11.6 Å². The van der Waals surface area contributed by atoms with E-state index in [4.69, 9.17) is 9.47 Å². The average molecular weight is 327 g/mol. The Bertz CT molecular complexity index is 697. The monoisotopic (exact) mass is 327 g/mol. The number of hydrogen-bond donors (Lipinski definition) is 0. The largest absolute Gasteiger partial charge is 0.497 e. The van der Waals surface area contributed by atoms with E-state index in [0.717, 1.165) is 41.6 Å². The van der Waals surface area contributed by atoms with Gasteiger partial charge in [-0.2, -0.15) is 4.98 Å². The van der Waals surface area contributed by atoms with Crippen LogP contribution in [-0.4, -0.2) is 30.2 Å². The van der Waals surface area contributed by atoms with Crippen LogP contribution in [0.25, 0.3) is 0 Å². The number of ether oxygens (including phenoxy) is 2. The highest BCUT2D eigenvalue weighted by molar-refractivity contribution is 5.40. The Hall–Kier alpha value is -2.30. The lowest BCUT2D eigenvalue weighted by Gasteiger charge is -2.27. The molecule has 2 heterocycles. The SMILES string of the molecule is COc1cccc(COc2nc(N3CCCCC3)nc(C)c2C)c1. The van der Waals surface area contributed by atoms with E-state index in [1.54, 1.807) is 7.11 Å². The van der Waals surface area contributed by atoms with Crippen molar-refractivity contribution in [3.05, 3.63) is 41.1 Å². The molecule has 0 unspecified atom stereocenters. The summed E-state index contributed by atoms with van der Waals surface area (Å²) in [5.74, 6) is 2.30. The van der Waals surface area contributed by atoms with E-state index in [0.29, 0.717) is 12.5 Å². The summed E-state index contributed by atoms with van der Waals surface area (Å²) in [6.07, 6.45) is 3.70. The lowest BCUT2D eigenvalue weighted by molar-refractivity contribution is 0.289. The smallest absolute Gasteiger partial charge is 0.228 e. The maximum atomic E-state index is 6.00. The molecule has 128 valence electrons. The minimum atomic E-state index is 0.466. The third-order valence-corrected chi connectivity index (χ3v) is 4.48. The number of anilines is 1. The first-order valence-corrected chi connectivity index (χ1v) is 8.53. The van der Waals surface area contributed by atoms with Crippen LogP contribution in [-0.2, 0) is 6.61 Å². The van der Waals surface area contributed by atoms with Crippen molar-refractivity contribution in [1.29, 1.82) is 0 Å². The Morgan fingerprint density at radius 3 is 2.62 bits per heavy atom. The number of benzene rings is 1. The number of methoxy groups -OCH3 is 1. The summed E-state index contributed by atoms with van der Waals surface area (Å²) in [7, 11) is 1.67. The van der Waals surface area contributed by atoms with E-state index in [-0.39, 0.29) is 0 Å². The molecule has 0 radical (unpaired) electrons. The van der Waals surface area contributed by atoms with Gasteiger partial charge in [0, 0.05) is 24.3 Å². The molecule has 1 aromatic carbocycles. The van der Waals surface area contributed by atoms with E-state index in [1.165, 1.54) is 19.3 Å². The van der Waals surface area contributed by atoms with E-state index in [1.807, 2.05) is 38.1 Å². The van der Waals surface area contributed by atoms with Crippen LogP contribution >= 0.6 is 0 Å². The molecule has 5 heteroatoms. The maximum absolute atomic E-state index is 6.00. The number of piperidine rings is 1. The molecule has 2 aromatic rings. The molecule has 1 fully saturated rings. The fourth-order valence-corrected chi connectivity index (χ4v) is 2.88. The number of aromatic nitrogens is 2. The quantitative estimate of drug-likeness (QED) is 0.838. The Balaban J connectivity index is 1.77. The number of rotatable bonds is 5. The van der Waals surface area contributed by atoms with E-state index >= 15 is 0 Å². The van der Waals surface area contributed by atoms with E-state index < -0.39 is 0 Å². The van der Waals surface area contributed by atoms with Crippen molar-refractivity contribution in [2.24, 2.45) is 0 Å². The summed E-state index contributed by atoms with van der Waals surface area (Å²) in [4.78, 5) is 11.6. The third kappa shape index (κ3) is 3.78. The zero-order valence-corrected chi connectivity index (χ0v) is 14.7. The van der Waals surface area contributed by atoms with Gasteiger partial charge in [-0.05, 0) is 50.8 Å². The Labute approximate surface area is 143 Å². The van der Waals surface area contributed by atoms with Crippen LogP contribution in [0.2, 0.25) is 0 Å². The normalized spacial score (nSPS) is 14.5. The molecular weight excluding hydrogens is 302 g/mol. The van der Waals surface area contributed by atoms with Crippen molar-refractivity contribution >= 4 is 5.95 Å². The van der Waals surface area contributed by atoms with Gasteiger partial charge < -0.3 is 14.4 Å². The van der Waals surface area contributed by atoms with Crippen LogP contribution in [0.4, 0.5) is 5.95 Å². The van der Waals surface area contributed by atoms with Gasteiger partial charge in [-0.15, -0.1) is 0 Å². The second kappa shape index (κ2) is 7.51. The van der Waals surface area contributed by atoms with Gasteiger partial charge in [0.1, 0.15) is 12.4 Å². The first kappa shape index (κ1) is 16.6. The molecule has 0 bridgehead atoms. The summed E-state index contributed by atoms with van der Waals surface area (Å²) in [6, 6.07) is 7.90. The third-order valence-electron chi connectivity index (χ3n) is 4.48. The Morgan fingerprint density at radius 1 is 1.08 bits per heavy atom. The predicted octanol–water partition coefficient (Wildman–Crippen LogP) is 3.67. The maximum Gasteiger partial charge on any atom is 0.228 e. The molecule has 0 spiro atoms. The van der Waals surface area contributed by atoms with Gasteiger partial charge in [0.05, 0.1) is 7.11 Å². The fourth-order valence-electron chi connectivity index (χ4n) is 2.88. The minimum Gasteiger partial charge on any atom is -0.497 e. The zero-order chi connectivity index (χ0) is 16.9. The summed E-state index contributed by atoms with van der Waals surface area (Å²) < 4.78 is 11.3. The molecule has 1 aromatic heterocycles. The summed E-state index contributed by atoms with van der Waals surface area (Å²) in [5.41, 5.74) is 3.04. The minimum absolute atomic E-state index is 0.466. The highest BCUT2D eigenvalue weighted by Gasteiger charge is 2.17. The molecule has 3 rings (SSSR count). The lowest BCUT2D eigenvalue weighted by atomic mass is 10.1. The number of nitrogens with zero attached hydrogens (tertiary/aromatic N) is 3. The first-order chi connectivity index (χ1) is 11.7. The van der Waals surface area contributed by atoms with Crippen LogP contribution in [0.15, 0.2) is 24.3 Å². The molecule has 0 N–H and O–H groups in total. The lowest BCUT2D eigenvalue weighted by Crippen LogP contribution is -2.31. The fraction of sp³-hybridized carbons (Fsp3) is 0.474. The first-order valence-electron chi connectivity index (χ1n) is 8.53. The second-order valence-corrected chi connectivity index (χ2v) is 6.23. The standard InChI is InChI=1S/C19H25N3O2/c1-14-15(2)20-19(22-10-5-4-6-11-22)21-18(14)24-13-16-8-7-9-17(12-16)23-3/h7-9,12H,4-6,10-11,13H2,1-3H3. The highest BCUT2D eigenvalue weighted by atomic mass is 16.5. The van der Waals surface area contributed by atoms with Gasteiger partial charge in [0.15, 0.2) is 0 Å². The molecule has 0 amide bonds. The molecule has 0 atom stereocenters. The summed E-state index contributed by atoms with van der Waals surface area (Å²) in [5, 5.41) is 0. The van der Waals surface area contributed by atoms with Crippen LogP contribution < -0.4 is 14.4 Å². The van der Waals surface area contributed by atoms with Crippen molar-refractivity contribution in [2.45, 2.75) is 39.7 Å². The molecule has 24 heavy (non-hydrogen) atoms. The van der Waals surface area contributed by atoms with Crippen molar-refractivity contribution in [1.82, 2.24) is 9.97 Å². The van der Waals surface area contributed by atoms with Crippen molar-refractivity contribution < 1.29 is 9.47 Å². The van der Waals surface area contributed by atoms with Gasteiger partial charge in [-0.3, -0.25) is 0 Å². The molecular formula is C19H25N3O2. The molecule has 1 aliphatic heterocycles. The van der Waals surface area contributed by atoms with Crippen LogP contribution in [0.3, 0.4) is 0 Å². The number of hydrogen-bond acceptors (Lipinski definition) is 5. The Kier molecular flexibility index (Phi) is 5.18. The van der Waals surface area contributed by atoms with Crippen molar-refractivity contribution in [3.63, 3.8) is 0 Å². The van der Waals surface area contributed by atoms with Gasteiger partial charge in [0.25, 0.3) is 0 Å². The van der Waals surface area contributed by atoms with Crippen molar-refractivity contribution in [2.75, 3.05) is 25.1 Å². The molecule has 1 saturated heterocycles. The van der Waals surface area contributed by atoms with Gasteiger partial charge in [-0.1, -0.05) is 12.1 Å². The topological polar surface area (TPSA) is 47.5 Å². The summed E-state index contributed by atoms with van der Waals surface area (Å²) in [6.45, 7) is 6.54. The van der Waals surface area contributed by atoms with E-state index in [9.17, 15) is 0 Å². The van der Waals surface area contributed by atoms with Gasteiger partial charge in [-0.25, -0.2) is 4.98 Å². The van der Waals surface area contributed by atoms with E-state index in [2.05, 4.69) is 14.9 Å². The second-order valence-electron chi connectivity index (χ2n) is 6.23. The molecule has 0 saturated carbocycles. The zero-order valence-electron chi connectivity index (χ0n) is 14.7. The molecule has 5 nitrogen and oxygen atoms in total. The van der Waals surface area contributed by atoms with Crippen LogP contribution in [0.1, 0.15) is 36.1 Å². The molecule has 0 aliphatic carbocycles. The van der Waals surface area contributed by atoms with Crippen LogP contribution in [0, 0.1) is 13.8 Å². The van der Waals surface area contributed by atoms with Gasteiger partial charge in [0.2, 0.25) is 11.8 Å². The summed E-state index contributed by atoms with van der Waals surface area (Å²) >= 11 is 0. The predicted molar refractivity (Wildman–Crippen MR) is 94.9 cm³/mol. The van der Waals surface area contributed by atoms with Crippen molar-refractivity contribution in [3.8, 4) is 11.6 Å². The highest BCUT2D eigenvalue weighted by Crippen LogP contribution is 2.24. The average Bonchev–Trinajstić information content (AvgIpc) is 2.63. The van der Waals surface area contributed by atoms with Gasteiger partial charge >= 0.3 is 0 Å².